The molecule has 0 N–H and O–H groups in total. The molecule has 3 rings (SSSR count). The van der Waals surface area contributed by atoms with Gasteiger partial charge in [0.1, 0.15) is 0 Å². The first-order valence-corrected chi connectivity index (χ1v) is 7.96. The maximum Gasteiger partial charge on any atom is 0.350 e. The van der Waals surface area contributed by atoms with E-state index in [2.05, 4.69) is 49.0 Å². The summed E-state index contributed by atoms with van der Waals surface area (Å²) in [5.41, 5.74) is 4.30. The Kier molecular flexibility index (Phi) is 4.19. The molecule has 0 amide bonds. The largest absolute Gasteiger partial charge is 0.370 e. The maximum atomic E-state index is 12.3. The predicted octanol–water partition coefficient (Wildman–Crippen LogP) is 2.64. The molecule has 0 aliphatic carbocycles. The second kappa shape index (κ2) is 6.28. The Balaban J connectivity index is 1.82. The van der Waals surface area contributed by atoms with Gasteiger partial charge >= 0.3 is 5.69 Å². The molecule has 5 heteroatoms. The number of pyridine rings is 1. The lowest BCUT2D eigenvalue weighted by Gasteiger charge is -2.23. The van der Waals surface area contributed by atoms with E-state index in [1.807, 2.05) is 18.2 Å². The van der Waals surface area contributed by atoms with Crippen LogP contribution in [0.4, 0.5) is 5.69 Å². The van der Waals surface area contributed by atoms with E-state index >= 15 is 0 Å². The minimum atomic E-state index is -0.0860. The highest BCUT2D eigenvalue weighted by Crippen LogP contribution is 2.18. The number of aryl methyl sites for hydroxylation is 2. The summed E-state index contributed by atoms with van der Waals surface area (Å²) in [5.74, 6) is 0. The molecule has 0 aliphatic rings. The number of aromatic nitrogens is 3. The zero-order chi connectivity index (χ0) is 16.4. The third-order valence-corrected chi connectivity index (χ3v) is 4.02. The molecule has 0 saturated carbocycles. The van der Waals surface area contributed by atoms with E-state index in [-0.39, 0.29) is 5.69 Å². The van der Waals surface area contributed by atoms with Crippen LogP contribution in [0.2, 0.25) is 0 Å². The molecule has 120 valence electrons. The highest BCUT2D eigenvalue weighted by molar-refractivity contribution is 5.50. The summed E-state index contributed by atoms with van der Waals surface area (Å²) in [6.07, 6.45) is 1.75. The third-order valence-electron chi connectivity index (χ3n) is 4.02. The van der Waals surface area contributed by atoms with Crippen molar-refractivity contribution < 1.29 is 0 Å². The van der Waals surface area contributed by atoms with Crippen LogP contribution in [0.1, 0.15) is 18.1 Å². The lowest BCUT2D eigenvalue weighted by Crippen LogP contribution is -2.31. The van der Waals surface area contributed by atoms with Crippen LogP contribution >= 0.6 is 0 Å². The summed E-state index contributed by atoms with van der Waals surface area (Å²) >= 11 is 0. The van der Waals surface area contributed by atoms with Crippen molar-refractivity contribution in [2.45, 2.75) is 27.3 Å². The first-order chi connectivity index (χ1) is 11.1. The number of benzene rings is 1. The average Bonchev–Trinajstić information content (AvgIpc) is 2.84. The summed E-state index contributed by atoms with van der Waals surface area (Å²) in [6, 6.07) is 12.1. The number of hydrogen-bond donors (Lipinski definition) is 0. The van der Waals surface area contributed by atoms with Gasteiger partial charge in [-0.1, -0.05) is 12.1 Å². The monoisotopic (exact) mass is 310 g/mol. The number of hydrogen-bond acceptors (Lipinski definition) is 3. The average molecular weight is 310 g/mol. The summed E-state index contributed by atoms with van der Waals surface area (Å²) in [7, 11) is 0. The molecule has 5 nitrogen and oxygen atoms in total. The molecule has 23 heavy (non-hydrogen) atoms. The summed E-state index contributed by atoms with van der Waals surface area (Å²) in [5, 5.41) is 4.39. The Bertz CT molecular complexity index is 858. The van der Waals surface area contributed by atoms with Crippen LogP contribution in [0.5, 0.6) is 0 Å². The Morgan fingerprint density at radius 1 is 1.13 bits per heavy atom. The highest BCUT2D eigenvalue weighted by atomic mass is 16.2. The molecule has 1 aromatic carbocycles. The zero-order valence-electron chi connectivity index (χ0n) is 13.9. The molecule has 0 fully saturated rings. The van der Waals surface area contributed by atoms with Crippen LogP contribution in [0.3, 0.4) is 0 Å². The topological polar surface area (TPSA) is 42.5 Å². The van der Waals surface area contributed by atoms with Crippen LogP contribution in [0, 0.1) is 13.8 Å². The van der Waals surface area contributed by atoms with Gasteiger partial charge in [0.05, 0.1) is 6.54 Å². The molecule has 0 bridgehead atoms. The molecule has 3 aromatic rings. The lowest BCUT2D eigenvalue weighted by atomic mass is 10.1. The van der Waals surface area contributed by atoms with Gasteiger partial charge in [-0.25, -0.2) is 9.48 Å². The van der Waals surface area contributed by atoms with Crippen molar-refractivity contribution in [3.63, 3.8) is 0 Å². The molecule has 2 heterocycles. The summed E-state index contributed by atoms with van der Waals surface area (Å²) in [4.78, 5) is 14.6. The Morgan fingerprint density at radius 2 is 1.87 bits per heavy atom. The first-order valence-electron chi connectivity index (χ1n) is 7.96. The van der Waals surface area contributed by atoms with E-state index in [0.29, 0.717) is 12.2 Å². The van der Waals surface area contributed by atoms with Crippen molar-refractivity contribution in [3.8, 4) is 0 Å². The SMILES string of the molecule is CCN(CCn1nc2ccccn2c1=O)c1cc(C)cc(C)c1. The minimum absolute atomic E-state index is 0.0860. The van der Waals surface area contributed by atoms with Crippen molar-refractivity contribution in [2.24, 2.45) is 0 Å². The van der Waals surface area contributed by atoms with Crippen LogP contribution in [-0.4, -0.2) is 27.3 Å². The van der Waals surface area contributed by atoms with Gasteiger partial charge < -0.3 is 4.90 Å². The smallest absolute Gasteiger partial charge is 0.350 e. The zero-order valence-corrected chi connectivity index (χ0v) is 13.9. The predicted molar refractivity (Wildman–Crippen MR) is 93.3 cm³/mol. The quantitative estimate of drug-likeness (QED) is 0.727. The molecule has 0 saturated heterocycles. The number of nitrogens with zero attached hydrogens (tertiary/aromatic N) is 4. The summed E-state index contributed by atoms with van der Waals surface area (Å²) in [6.45, 7) is 8.56. The second-order valence-corrected chi connectivity index (χ2v) is 5.86. The fraction of sp³-hybridized carbons (Fsp3) is 0.333. The minimum Gasteiger partial charge on any atom is -0.370 e. The standard InChI is InChI=1S/C18H22N4O/c1-4-20(16-12-14(2)11-15(3)13-16)9-10-22-18(23)21-8-6-5-7-17(21)19-22/h5-8,11-13H,4,9-10H2,1-3H3. The normalized spacial score (nSPS) is 11.1. The number of likely N-dealkylation sites (N-methyl/N-ethyl adjacent to an activating group) is 1. The fourth-order valence-corrected chi connectivity index (χ4v) is 2.93. The Morgan fingerprint density at radius 3 is 2.52 bits per heavy atom. The van der Waals surface area contributed by atoms with Crippen LogP contribution < -0.4 is 10.6 Å². The number of rotatable bonds is 5. The third kappa shape index (κ3) is 3.13. The van der Waals surface area contributed by atoms with Crippen molar-refractivity contribution >= 4 is 11.3 Å². The van der Waals surface area contributed by atoms with Gasteiger partial charge in [-0.05, 0) is 56.2 Å². The molecule has 0 radical (unpaired) electrons. The van der Waals surface area contributed by atoms with E-state index in [4.69, 9.17) is 0 Å². The van der Waals surface area contributed by atoms with Crippen LogP contribution in [0.25, 0.3) is 5.65 Å². The molecular formula is C18H22N4O. The van der Waals surface area contributed by atoms with E-state index in [9.17, 15) is 4.79 Å². The number of anilines is 1. The van der Waals surface area contributed by atoms with Gasteiger partial charge in [0.15, 0.2) is 5.65 Å². The van der Waals surface area contributed by atoms with E-state index < -0.39 is 0 Å². The molecule has 2 aromatic heterocycles. The van der Waals surface area contributed by atoms with Gasteiger partial charge in [-0.15, -0.1) is 5.10 Å². The second-order valence-electron chi connectivity index (χ2n) is 5.86. The van der Waals surface area contributed by atoms with Crippen molar-refractivity contribution in [2.75, 3.05) is 18.0 Å². The van der Waals surface area contributed by atoms with Gasteiger partial charge in [-0.3, -0.25) is 4.40 Å². The van der Waals surface area contributed by atoms with Crippen molar-refractivity contribution in [1.82, 2.24) is 14.2 Å². The van der Waals surface area contributed by atoms with Gasteiger partial charge in [0.25, 0.3) is 0 Å². The molecule has 0 unspecified atom stereocenters. The van der Waals surface area contributed by atoms with Crippen LogP contribution in [0.15, 0.2) is 47.4 Å². The van der Waals surface area contributed by atoms with Gasteiger partial charge in [0, 0.05) is 25.0 Å². The first kappa shape index (κ1) is 15.3. The van der Waals surface area contributed by atoms with Crippen molar-refractivity contribution in [3.05, 3.63) is 64.2 Å². The lowest BCUT2D eigenvalue weighted by molar-refractivity contribution is 0.581. The van der Waals surface area contributed by atoms with Crippen LogP contribution in [-0.2, 0) is 6.54 Å². The Labute approximate surface area is 135 Å². The fourth-order valence-electron chi connectivity index (χ4n) is 2.93. The highest BCUT2D eigenvalue weighted by Gasteiger charge is 2.09. The van der Waals surface area contributed by atoms with E-state index in [1.165, 1.54) is 16.8 Å². The molecule has 0 spiro atoms. The van der Waals surface area contributed by atoms with Gasteiger partial charge in [0.2, 0.25) is 0 Å². The Hall–Kier alpha value is -2.56. The molecular weight excluding hydrogens is 288 g/mol. The van der Waals surface area contributed by atoms with E-state index in [0.717, 1.165) is 13.1 Å². The number of fused-ring (bicyclic) bond motifs is 1. The molecule has 0 aliphatic heterocycles. The van der Waals surface area contributed by atoms with Crippen molar-refractivity contribution in [1.29, 1.82) is 0 Å². The maximum absolute atomic E-state index is 12.3. The van der Waals surface area contributed by atoms with Gasteiger partial charge in [-0.2, -0.15) is 0 Å². The van der Waals surface area contributed by atoms with E-state index in [1.54, 1.807) is 15.3 Å². The summed E-state index contributed by atoms with van der Waals surface area (Å²) < 4.78 is 3.12. The molecule has 0 atom stereocenters.